The summed E-state index contributed by atoms with van der Waals surface area (Å²) in [7, 11) is 0. The number of unbranched alkanes of at least 4 members (excludes halogenated alkanes) is 20. The first kappa shape index (κ1) is 44.9. The van der Waals surface area contributed by atoms with Gasteiger partial charge in [-0.3, -0.25) is 9.59 Å². The number of carbonyl (C=O) groups excluding carboxylic acids is 2. The SMILES string of the molecule is CCCCCCCCCCCC(=O)c1cc(CCCCC)cc(Sc2cc(CCCCC)cc(C(=O)CCCCCCCCCCC)c2O)c1O. The number of carbonyl (C=O) groups is 2. The van der Waals surface area contributed by atoms with E-state index >= 15 is 0 Å². The Morgan fingerprint density at radius 3 is 1.06 bits per heavy atom. The molecule has 0 fully saturated rings. The van der Waals surface area contributed by atoms with Gasteiger partial charge < -0.3 is 10.2 Å². The number of Topliss-reactive ketones (excluding diaryl/α,β-unsaturated/α-hetero) is 2. The summed E-state index contributed by atoms with van der Waals surface area (Å²) in [6.45, 7) is 8.85. The van der Waals surface area contributed by atoms with E-state index in [1.165, 1.54) is 88.8 Å². The molecule has 0 aromatic heterocycles. The monoisotopic (exact) mass is 723 g/mol. The quantitative estimate of drug-likeness (QED) is 0.0581. The zero-order valence-corrected chi connectivity index (χ0v) is 34.0. The maximum absolute atomic E-state index is 13.5. The highest BCUT2D eigenvalue weighted by Crippen LogP contribution is 2.44. The Morgan fingerprint density at radius 2 is 0.725 bits per heavy atom. The Bertz CT molecular complexity index is 1160. The average molecular weight is 723 g/mol. The lowest BCUT2D eigenvalue weighted by Crippen LogP contribution is -2.03. The maximum Gasteiger partial charge on any atom is 0.166 e. The number of aryl methyl sites for hydroxylation is 2. The van der Waals surface area contributed by atoms with Crippen LogP contribution < -0.4 is 0 Å². The number of phenols is 2. The molecule has 51 heavy (non-hydrogen) atoms. The van der Waals surface area contributed by atoms with Crippen LogP contribution in [0.15, 0.2) is 34.1 Å². The van der Waals surface area contributed by atoms with Crippen LogP contribution in [-0.4, -0.2) is 21.8 Å². The van der Waals surface area contributed by atoms with Crippen LogP contribution in [0, 0.1) is 0 Å². The molecule has 2 aromatic rings. The van der Waals surface area contributed by atoms with E-state index in [0.29, 0.717) is 33.8 Å². The van der Waals surface area contributed by atoms with Crippen molar-refractivity contribution in [2.45, 2.75) is 217 Å². The molecular weight excluding hydrogens is 649 g/mol. The van der Waals surface area contributed by atoms with Gasteiger partial charge in [0, 0.05) is 12.8 Å². The zero-order valence-electron chi connectivity index (χ0n) is 33.2. The van der Waals surface area contributed by atoms with Crippen molar-refractivity contribution in [3.8, 4) is 11.5 Å². The first-order valence-corrected chi connectivity index (χ1v) is 22.1. The van der Waals surface area contributed by atoms with E-state index in [9.17, 15) is 19.8 Å². The molecule has 0 radical (unpaired) electrons. The van der Waals surface area contributed by atoms with Gasteiger partial charge in [-0.15, -0.1) is 0 Å². The lowest BCUT2D eigenvalue weighted by atomic mass is 9.98. The van der Waals surface area contributed by atoms with Gasteiger partial charge in [-0.25, -0.2) is 0 Å². The van der Waals surface area contributed by atoms with Gasteiger partial charge in [-0.05, 0) is 73.9 Å². The van der Waals surface area contributed by atoms with Crippen molar-refractivity contribution in [2.75, 3.05) is 0 Å². The van der Waals surface area contributed by atoms with Crippen LogP contribution in [0.3, 0.4) is 0 Å². The summed E-state index contributed by atoms with van der Waals surface area (Å²) in [6, 6.07) is 7.76. The van der Waals surface area contributed by atoms with Gasteiger partial charge in [0.05, 0.1) is 20.9 Å². The first-order valence-electron chi connectivity index (χ1n) is 21.3. The molecule has 4 nitrogen and oxygen atoms in total. The highest BCUT2D eigenvalue weighted by molar-refractivity contribution is 7.99. The topological polar surface area (TPSA) is 74.6 Å². The Morgan fingerprint density at radius 1 is 0.431 bits per heavy atom. The smallest absolute Gasteiger partial charge is 0.166 e. The second kappa shape index (κ2) is 28.3. The summed E-state index contributed by atoms with van der Waals surface area (Å²) in [5.74, 6) is -0.0231. The summed E-state index contributed by atoms with van der Waals surface area (Å²) < 4.78 is 0. The Balaban J connectivity index is 2.21. The molecule has 0 bridgehead atoms. The molecular formula is C46H74O4S. The molecule has 2 aromatic carbocycles. The number of aromatic hydroxyl groups is 2. The van der Waals surface area contributed by atoms with Crippen LogP contribution in [0.1, 0.15) is 226 Å². The van der Waals surface area contributed by atoms with Crippen molar-refractivity contribution < 1.29 is 19.8 Å². The van der Waals surface area contributed by atoms with Gasteiger partial charge in [0.15, 0.2) is 11.6 Å². The predicted octanol–water partition coefficient (Wildman–Crippen LogP) is 14.9. The van der Waals surface area contributed by atoms with E-state index in [2.05, 4.69) is 27.7 Å². The molecule has 0 saturated carbocycles. The molecule has 0 amide bonds. The van der Waals surface area contributed by atoms with E-state index in [4.69, 9.17) is 0 Å². The zero-order chi connectivity index (χ0) is 37.1. The minimum absolute atomic E-state index is 0.00137. The van der Waals surface area contributed by atoms with Crippen LogP contribution in [0.4, 0.5) is 0 Å². The molecule has 288 valence electrons. The molecule has 0 aliphatic carbocycles. The number of rotatable bonds is 32. The molecule has 0 heterocycles. The third-order valence-electron chi connectivity index (χ3n) is 10.2. The molecule has 5 heteroatoms. The third kappa shape index (κ3) is 18.4. The minimum Gasteiger partial charge on any atom is -0.506 e. The first-order chi connectivity index (χ1) is 24.9. The fourth-order valence-electron chi connectivity index (χ4n) is 6.94. The van der Waals surface area contributed by atoms with E-state index in [0.717, 1.165) is 101 Å². The van der Waals surface area contributed by atoms with Crippen LogP contribution in [0.5, 0.6) is 11.5 Å². The van der Waals surface area contributed by atoms with Crippen molar-refractivity contribution >= 4 is 23.3 Å². The highest BCUT2D eigenvalue weighted by Gasteiger charge is 2.21. The van der Waals surface area contributed by atoms with Crippen LogP contribution >= 0.6 is 11.8 Å². The number of hydrogen-bond donors (Lipinski definition) is 2. The van der Waals surface area contributed by atoms with Gasteiger partial charge in [-0.2, -0.15) is 0 Å². The highest BCUT2D eigenvalue weighted by atomic mass is 32.2. The lowest BCUT2D eigenvalue weighted by Gasteiger charge is -2.16. The van der Waals surface area contributed by atoms with Crippen LogP contribution in [0.25, 0.3) is 0 Å². The number of hydrogen-bond acceptors (Lipinski definition) is 5. The van der Waals surface area contributed by atoms with Crippen molar-refractivity contribution in [2.24, 2.45) is 0 Å². The molecule has 2 rings (SSSR count). The number of benzene rings is 2. The molecule has 0 aliphatic heterocycles. The van der Waals surface area contributed by atoms with E-state index in [1.807, 2.05) is 24.3 Å². The molecule has 0 aliphatic rings. The average Bonchev–Trinajstić information content (AvgIpc) is 3.12. The Hall–Kier alpha value is -2.27. The second-order valence-corrected chi connectivity index (χ2v) is 16.1. The minimum atomic E-state index is -0.0102. The van der Waals surface area contributed by atoms with Gasteiger partial charge in [0.25, 0.3) is 0 Å². The van der Waals surface area contributed by atoms with Gasteiger partial charge in [0.1, 0.15) is 11.5 Å². The fourth-order valence-corrected chi connectivity index (χ4v) is 8.01. The Kier molecular flexibility index (Phi) is 24.9. The summed E-state index contributed by atoms with van der Waals surface area (Å²) >= 11 is 1.29. The van der Waals surface area contributed by atoms with Crippen molar-refractivity contribution in [1.29, 1.82) is 0 Å². The summed E-state index contributed by atoms with van der Waals surface area (Å²) in [6.07, 6.45) is 30.5. The van der Waals surface area contributed by atoms with Crippen molar-refractivity contribution in [3.63, 3.8) is 0 Å². The molecule has 0 spiro atoms. The summed E-state index contributed by atoms with van der Waals surface area (Å²) in [5.41, 5.74) is 2.87. The van der Waals surface area contributed by atoms with Crippen LogP contribution in [0.2, 0.25) is 0 Å². The predicted molar refractivity (Wildman–Crippen MR) is 219 cm³/mol. The summed E-state index contributed by atoms with van der Waals surface area (Å²) in [5, 5.41) is 23.1. The van der Waals surface area contributed by atoms with E-state index in [1.54, 1.807) is 0 Å². The standard InChI is InChI=1S/C46H74O4S/c1-5-9-13-15-17-19-21-23-27-31-41(47)39-33-37(29-25-11-7-3)35-43(45(39)49)51-44-36-38(30-26-12-8-4)34-40(46(44)50)42(48)32-28-24-22-20-18-16-14-10-6-2/h33-36,49-50H,5-32H2,1-4H3. The van der Waals surface area contributed by atoms with Gasteiger partial charge >= 0.3 is 0 Å². The van der Waals surface area contributed by atoms with Crippen LogP contribution in [-0.2, 0) is 12.8 Å². The van der Waals surface area contributed by atoms with Crippen molar-refractivity contribution in [3.05, 3.63) is 46.5 Å². The second-order valence-electron chi connectivity index (χ2n) is 15.0. The van der Waals surface area contributed by atoms with Crippen molar-refractivity contribution in [1.82, 2.24) is 0 Å². The summed E-state index contributed by atoms with van der Waals surface area (Å²) in [4.78, 5) is 28.2. The Labute approximate surface area is 317 Å². The molecule has 0 atom stereocenters. The number of phenolic OH excluding ortho intramolecular Hbond substituents is 2. The van der Waals surface area contributed by atoms with E-state index in [-0.39, 0.29) is 23.1 Å². The lowest BCUT2D eigenvalue weighted by molar-refractivity contribution is 0.0967. The molecule has 0 saturated heterocycles. The van der Waals surface area contributed by atoms with Gasteiger partial charge in [0.2, 0.25) is 0 Å². The third-order valence-corrected chi connectivity index (χ3v) is 11.3. The van der Waals surface area contributed by atoms with Gasteiger partial charge in [-0.1, -0.05) is 168 Å². The molecule has 0 unspecified atom stereocenters. The number of ketones is 2. The largest absolute Gasteiger partial charge is 0.506 e. The van der Waals surface area contributed by atoms with E-state index < -0.39 is 0 Å². The fraction of sp³-hybridized carbons (Fsp3) is 0.696. The molecule has 2 N–H and O–H groups in total. The maximum atomic E-state index is 13.5. The normalized spacial score (nSPS) is 11.4.